The fourth-order valence-electron chi connectivity index (χ4n) is 1.66. The lowest BCUT2D eigenvalue weighted by Gasteiger charge is -2.11. The summed E-state index contributed by atoms with van der Waals surface area (Å²) in [6.07, 6.45) is 0. The van der Waals surface area contributed by atoms with Crippen LogP contribution in [0, 0.1) is 0 Å². The number of ether oxygens (including phenoxy) is 1. The van der Waals surface area contributed by atoms with Gasteiger partial charge in [0.05, 0.1) is 10.6 Å². The van der Waals surface area contributed by atoms with Gasteiger partial charge in [-0.3, -0.25) is 0 Å². The number of carbonyl (C=O) groups is 1. The van der Waals surface area contributed by atoms with Crippen molar-refractivity contribution in [1.82, 2.24) is 0 Å². The molecule has 0 aliphatic rings. The van der Waals surface area contributed by atoms with Gasteiger partial charge in [0.1, 0.15) is 18.1 Å². The molecule has 0 spiro atoms. The van der Waals surface area contributed by atoms with Gasteiger partial charge in [-0.2, -0.15) is 0 Å². The maximum atomic E-state index is 11.2. The van der Waals surface area contributed by atoms with Crippen molar-refractivity contribution >= 4 is 33.5 Å². The van der Waals surface area contributed by atoms with Gasteiger partial charge >= 0.3 is 5.97 Å². The van der Waals surface area contributed by atoms with E-state index in [0.29, 0.717) is 15.8 Å². The number of phenolic OH excluding ortho intramolecular Hbond substituents is 1. The topological polar surface area (TPSA) is 66.8 Å². The van der Waals surface area contributed by atoms with Gasteiger partial charge in [0.25, 0.3) is 0 Å². The van der Waals surface area contributed by atoms with Crippen molar-refractivity contribution in [2.75, 3.05) is 0 Å². The van der Waals surface area contributed by atoms with Gasteiger partial charge in [-0.1, -0.05) is 33.6 Å². The zero-order valence-corrected chi connectivity index (χ0v) is 12.5. The summed E-state index contributed by atoms with van der Waals surface area (Å²) in [5.74, 6) is -0.618. The van der Waals surface area contributed by atoms with E-state index in [-0.39, 0.29) is 22.9 Å². The Labute approximate surface area is 128 Å². The zero-order chi connectivity index (χ0) is 14.7. The summed E-state index contributed by atoms with van der Waals surface area (Å²) in [6.45, 7) is 0.0492. The predicted molar refractivity (Wildman–Crippen MR) is 78.6 cm³/mol. The Hall–Kier alpha value is -1.72. The second-order valence-electron chi connectivity index (χ2n) is 3.97. The third-order valence-electron chi connectivity index (χ3n) is 2.64. The van der Waals surface area contributed by atoms with Gasteiger partial charge in [0.15, 0.2) is 0 Å². The molecule has 2 rings (SSSR count). The highest BCUT2D eigenvalue weighted by Crippen LogP contribution is 2.30. The summed E-state index contributed by atoms with van der Waals surface area (Å²) >= 11 is 9.23. The van der Waals surface area contributed by atoms with Gasteiger partial charge in [-0.15, -0.1) is 0 Å². The Morgan fingerprint density at radius 3 is 2.70 bits per heavy atom. The van der Waals surface area contributed by atoms with Gasteiger partial charge < -0.3 is 14.9 Å². The van der Waals surface area contributed by atoms with Crippen LogP contribution in [0.2, 0.25) is 5.02 Å². The average molecular weight is 358 g/mol. The second-order valence-corrected chi connectivity index (χ2v) is 5.24. The number of hydrogen-bond acceptors (Lipinski definition) is 3. The Morgan fingerprint density at radius 2 is 2.05 bits per heavy atom. The Morgan fingerprint density at radius 1 is 1.30 bits per heavy atom. The molecule has 2 aromatic carbocycles. The smallest absolute Gasteiger partial charge is 0.336 e. The Balaban J connectivity index is 2.25. The van der Waals surface area contributed by atoms with Gasteiger partial charge in [-0.05, 0) is 24.3 Å². The molecule has 0 aliphatic heterocycles. The molecule has 0 radical (unpaired) electrons. The number of phenols is 1. The van der Waals surface area contributed by atoms with Crippen LogP contribution in [-0.4, -0.2) is 16.2 Å². The highest BCUT2D eigenvalue weighted by Gasteiger charge is 2.14. The molecule has 0 heterocycles. The fraction of sp³-hybridized carbons (Fsp3) is 0.0714. The van der Waals surface area contributed by atoms with E-state index in [0.717, 1.165) is 0 Å². The molecule has 0 unspecified atom stereocenters. The largest absolute Gasteiger partial charge is 0.508 e. The molecule has 0 aliphatic carbocycles. The van der Waals surface area contributed by atoms with E-state index in [1.807, 2.05) is 0 Å². The molecular formula is C14H10BrClO4. The molecule has 4 nitrogen and oxygen atoms in total. The van der Waals surface area contributed by atoms with Crippen LogP contribution >= 0.6 is 27.5 Å². The summed E-state index contributed by atoms with van der Waals surface area (Å²) in [6, 6.07) is 9.21. The maximum absolute atomic E-state index is 11.2. The van der Waals surface area contributed by atoms with Crippen LogP contribution in [0.25, 0.3) is 0 Å². The SMILES string of the molecule is O=C(O)c1cccc(Br)c1COc1ccc(O)cc1Cl. The number of rotatable bonds is 4. The highest BCUT2D eigenvalue weighted by molar-refractivity contribution is 9.10. The minimum Gasteiger partial charge on any atom is -0.508 e. The van der Waals surface area contributed by atoms with Crippen LogP contribution in [-0.2, 0) is 6.61 Å². The Kier molecular flexibility index (Phi) is 4.52. The first kappa shape index (κ1) is 14.7. The van der Waals surface area contributed by atoms with Crippen molar-refractivity contribution in [1.29, 1.82) is 0 Å². The van der Waals surface area contributed by atoms with Crippen LogP contribution < -0.4 is 4.74 Å². The minimum atomic E-state index is -1.03. The molecule has 0 bridgehead atoms. The lowest BCUT2D eigenvalue weighted by Crippen LogP contribution is -2.06. The monoisotopic (exact) mass is 356 g/mol. The average Bonchev–Trinajstić information content (AvgIpc) is 2.38. The summed E-state index contributed by atoms with van der Waals surface area (Å²) in [5.41, 5.74) is 0.679. The van der Waals surface area contributed by atoms with E-state index in [9.17, 15) is 9.90 Å². The molecular weight excluding hydrogens is 348 g/mol. The number of halogens is 2. The lowest BCUT2D eigenvalue weighted by molar-refractivity contribution is 0.0694. The molecule has 104 valence electrons. The van der Waals surface area contributed by atoms with Crippen LogP contribution in [0.5, 0.6) is 11.5 Å². The van der Waals surface area contributed by atoms with Crippen molar-refractivity contribution in [3.05, 3.63) is 57.0 Å². The van der Waals surface area contributed by atoms with Gasteiger partial charge in [0.2, 0.25) is 0 Å². The van der Waals surface area contributed by atoms with E-state index in [1.54, 1.807) is 12.1 Å². The molecule has 0 amide bonds. The number of aromatic carboxylic acids is 1. The predicted octanol–water partition coefficient (Wildman–Crippen LogP) is 4.09. The van der Waals surface area contributed by atoms with Crippen molar-refractivity contribution in [2.24, 2.45) is 0 Å². The first-order valence-electron chi connectivity index (χ1n) is 5.61. The van der Waals surface area contributed by atoms with Crippen LogP contribution in [0.3, 0.4) is 0 Å². The molecule has 0 fully saturated rings. The molecule has 0 atom stereocenters. The summed E-state index contributed by atoms with van der Waals surface area (Å²) in [5, 5.41) is 18.7. The number of hydrogen-bond donors (Lipinski definition) is 2. The van der Waals surface area contributed by atoms with Crippen LogP contribution in [0.15, 0.2) is 40.9 Å². The molecule has 6 heteroatoms. The normalized spacial score (nSPS) is 10.3. The second kappa shape index (κ2) is 6.15. The van der Waals surface area contributed by atoms with Crippen molar-refractivity contribution in [2.45, 2.75) is 6.61 Å². The molecule has 2 aromatic rings. The third kappa shape index (κ3) is 3.23. The maximum Gasteiger partial charge on any atom is 0.336 e. The first-order valence-corrected chi connectivity index (χ1v) is 6.78. The molecule has 0 saturated heterocycles. The summed E-state index contributed by atoms with van der Waals surface area (Å²) in [4.78, 5) is 11.2. The van der Waals surface area contributed by atoms with Crippen molar-refractivity contribution < 1.29 is 19.7 Å². The summed E-state index contributed by atoms with van der Waals surface area (Å²) in [7, 11) is 0. The minimum absolute atomic E-state index is 0.0365. The number of carboxylic acid groups (broad SMARTS) is 1. The van der Waals surface area contributed by atoms with Crippen molar-refractivity contribution in [3.63, 3.8) is 0 Å². The van der Waals surface area contributed by atoms with E-state index in [2.05, 4.69) is 15.9 Å². The molecule has 2 N–H and O–H groups in total. The fourth-order valence-corrected chi connectivity index (χ4v) is 2.37. The van der Waals surface area contributed by atoms with Crippen molar-refractivity contribution in [3.8, 4) is 11.5 Å². The zero-order valence-electron chi connectivity index (χ0n) is 10.1. The van der Waals surface area contributed by atoms with Gasteiger partial charge in [0, 0.05) is 16.1 Å². The van der Waals surface area contributed by atoms with E-state index < -0.39 is 5.97 Å². The van der Waals surface area contributed by atoms with Crippen LogP contribution in [0.1, 0.15) is 15.9 Å². The number of carboxylic acids is 1. The first-order chi connectivity index (χ1) is 9.49. The number of benzene rings is 2. The van der Waals surface area contributed by atoms with Gasteiger partial charge in [-0.25, -0.2) is 4.79 Å². The summed E-state index contributed by atoms with van der Waals surface area (Å²) < 4.78 is 6.16. The molecule has 0 aromatic heterocycles. The lowest BCUT2D eigenvalue weighted by atomic mass is 10.1. The Bertz CT molecular complexity index is 658. The highest BCUT2D eigenvalue weighted by atomic mass is 79.9. The third-order valence-corrected chi connectivity index (χ3v) is 3.68. The van der Waals surface area contributed by atoms with E-state index in [1.165, 1.54) is 24.3 Å². The van der Waals surface area contributed by atoms with E-state index in [4.69, 9.17) is 21.4 Å². The molecule has 0 saturated carbocycles. The standard InChI is InChI=1S/C14H10BrClO4/c15-11-3-1-2-9(14(18)19)10(11)7-20-13-5-4-8(17)6-12(13)16/h1-6,17H,7H2,(H,18,19). The number of aromatic hydroxyl groups is 1. The van der Waals surface area contributed by atoms with Crippen LogP contribution in [0.4, 0.5) is 0 Å². The molecule has 20 heavy (non-hydrogen) atoms. The van der Waals surface area contributed by atoms with E-state index >= 15 is 0 Å². The quantitative estimate of drug-likeness (QED) is 0.865.